The highest BCUT2D eigenvalue weighted by atomic mass is 32.1. The molecule has 4 rings (SSSR count). The Morgan fingerprint density at radius 2 is 2.13 bits per heavy atom. The number of ether oxygens (including phenoxy) is 1. The van der Waals surface area contributed by atoms with Crippen molar-refractivity contribution >= 4 is 32.6 Å². The van der Waals surface area contributed by atoms with Crippen molar-refractivity contribution in [2.24, 2.45) is 11.8 Å². The second kappa shape index (κ2) is 9.96. The lowest BCUT2D eigenvalue weighted by Gasteiger charge is -2.32. The van der Waals surface area contributed by atoms with Crippen LogP contribution in [0.3, 0.4) is 0 Å². The van der Waals surface area contributed by atoms with Crippen molar-refractivity contribution in [2.75, 3.05) is 51.3 Å². The van der Waals surface area contributed by atoms with Gasteiger partial charge in [0.05, 0.1) is 23.2 Å². The van der Waals surface area contributed by atoms with E-state index in [1.807, 2.05) is 18.2 Å². The molecule has 1 aromatic heterocycles. The highest BCUT2D eigenvalue weighted by molar-refractivity contribution is 7.22. The van der Waals surface area contributed by atoms with Crippen molar-refractivity contribution in [2.45, 2.75) is 39.0 Å². The molecule has 164 valence electrons. The van der Waals surface area contributed by atoms with Gasteiger partial charge in [0, 0.05) is 26.2 Å². The molecule has 2 aliphatic heterocycles. The van der Waals surface area contributed by atoms with Gasteiger partial charge in [-0.3, -0.25) is 4.79 Å². The summed E-state index contributed by atoms with van der Waals surface area (Å²) in [7, 11) is 1.68. The summed E-state index contributed by atoms with van der Waals surface area (Å²) >= 11 is 1.68. The number of anilines is 1. The molecule has 0 radical (unpaired) electrons. The molecule has 2 saturated heterocycles. The van der Waals surface area contributed by atoms with E-state index >= 15 is 0 Å². The number of amides is 1. The van der Waals surface area contributed by atoms with E-state index in [9.17, 15) is 4.79 Å². The molecule has 0 unspecified atom stereocenters. The molecule has 2 aliphatic rings. The predicted molar refractivity (Wildman–Crippen MR) is 124 cm³/mol. The molecule has 1 amide bonds. The third-order valence-electron chi connectivity index (χ3n) is 6.34. The van der Waals surface area contributed by atoms with Gasteiger partial charge in [0.2, 0.25) is 5.91 Å². The average Bonchev–Trinajstić information content (AvgIpc) is 3.20. The Kier molecular flexibility index (Phi) is 7.10. The van der Waals surface area contributed by atoms with Gasteiger partial charge in [-0.15, -0.1) is 0 Å². The number of aromatic nitrogens is 1. The minimum absolute atomic E-state index is 0.0512. The first-order valence-corrected chi connectivity index (χ1v) is 12.1. The van der Waals surface area contributed by atoms with Gasteiger partial charge in [-0.2, -0.15) is 0 Å². The van der Waals surface area contributed by atoms with Crippen LogP contribution in [-0.4, -0.2) is 62.2 Å². The normalized spacial score (nSPS) is 22.9. The van der Waals surface area contributed by atoms with Gasteiger partial charge in [-0.1, -0.05) is 18.3 Å². The Labute approximate surface area is 183 Å². The second-order valence-corrected chi connectivity index (χ2v) is 9.82. The van der Waals surface area contributed by atoms with Crippen LogP contribution in [0.4, 0.5) is 5.13 Å². The fraction of sp³-hybridized carbons (Fsp3) is 0.652. The molecule has 3 heterocycles. The lowest BCUT2D eigenvalue weighted by Crippen LogP contribution is -2.43. The molecule has 0 aliphatic carbocycles. The lowest BCUT2D eigenvalue weighted by atomic mass is 9.97. The van der Waals surface area contributed by atoms with E-state index in [1.165, 1.54) is 25.9 Å². The Hall–Kier alpha value is -1.86. The molecule has 0 saturated carbocycles. The molecule has 6 nitrogen and oxygen atoms in total. The Morgan fingerprint density at radius 1 is 1.27 bits per heavy atom. The van der Waals surface area contributed by atoms with Gasteiger partial charge >= 0.3 is 0 Å². The van der Waals surface area contributed by atoms with Crippen molar-refractivity contribution in [1.82, 2.24) is 15.2 Å². The van der Waals surface area contributed by atoms with Crippen molar-refractivity contribution in [3.8, 4) is 5.75 Å². The van der Waals surface area contributed by atoms with Crippen LogP contribution in [0.25, 0.3) is 10.2 Å². The molecule has 0 spiro atoms. The van der Waals surface area contributed by atoms with Gasteiger partial charge in [-0.25, -0.2) is 4.98 Å². The Morgan fingerprint density at radius 3 is 2.97 bits per heavy atom. The third kappa shape index (κ3) is 5.24. The van der Waals surface area contributed by atoms with E-state index < -0.39 is 0 Å². The van der Waals surface area contributed by atoms with Crippen LogP contribution in [-0.2, 0) is 4.79 Å². The molecule has 0 bridgehead atoms. The first kappa shape index (κ1) is 21.4. The standard InChI is InChI=1S/C23H34N4O2S/c1-17-6-3-11-26(15-17)12-5-10-24-22(28)18-7-4-13-27(16-18)23-25-20-9-8-19(29-2)14-21(20)30-23/h8-9,14,17-18H,3-7,10-13,15-16H2,1-2H3,(H,24,28)/t17-,18+/m0/s1. The van der Waals surface area contributed by atoms with Crippen molar-refractivity contribution < 1.29 is 9.53 Å². The van der Waals surface area contributed by atoms with Crippen LogP contribution in [0, 0.1) is 11.8 Å². The summed E-state index contributed by atoms with van der Waals surface area (Å²) in [4.78, 5) is 22.4. The molecule has 2 atom stereocenters. The fourth-order valence-electron chi connectivity index (χ4n) is 4.67. The molecule has 2 aromatic rings. The summed E-state index contributed by atoms with van der Waals surface area (Å²) in [6.45, 7) is 8.35. The highest BCUT2D eigenvalue weighted by Crippen LogP contribution is 2.33. The minimum atomic E-state index is 0.0512. The maximum atomic E-state index is 12.7. The number of methoxy groups -OCH3 is 1. The highest BCUT2D eigenvalue weighted by Gasteiger charge is 2.27. The van der Waals surface area contributed by atoms with Gasteiger partial charge in [-0.05, 0) is 69.3 Å². The quantitative estimate of drug-likeness (QED) is 0.678. The van der Waals surface area contributed by atoms with E-state index in [2.05, 4.69) is 22.0 Å². The number of likely N-dealkylation sites (tertiary alicyclic amines) is 1. The molecular weight excluding hydrogens is 396 g/mol. The van der Waals surface area contributed by atoms with Gasteiger partial charge in [0.15, 0.2) is 5.13 Å². The van der Waals surface area contributed by atoms with Crippen molar-refractivity contribution in [1.29, 1.82) is 0 Å². The number of nitrogens with zero attached hydrogens (tertiary/aromatic N) is 3. The average molecular weight is 431 g/mol. The summed E-state index contributed by atoms with van der Waals surface area (Å²) in [6.07, 6.45) is 5.69. The van der Waals surface area contributed by atoms with Crippen LogP contribution in [0.5, 0.6) is 5.75 Å². The van der Waals surface area contributed by atoms with Crippen molar-refractivity contribution in [3.05, 3.63) is 18.2 Å². The van der Waals surface area contributed by atoms with Crippen LogP contribution < -0.4 is 15.0 Å². The second-order valence-electron chi connectivity index (χ2n) is 8.81. The summed E-state index contributed by atoms with van der Waals surface area (Å²) in [5.41, 5.74) is 0.995. The van der Waals surface area contributed by atoms with Crippen LogP contribution in [0.15, 0.2) is 18.2 Å². The molecule has 2 fully saturated rings. The zero-order valence-electron chi connectivity index (χ0n) is 18.2. The number of thiazole rings is 1. The largest absolute Gasteiger partial charge is 0.497 e. The number of benzene rings is 1. The molecule has 1 aromatic carbocycles. The lowest BCUT2D eigenvalue weighted by molar-refractivity contribution is -0.125. The fourth-order valence-corrected chi connectivity index (χ4v) is 5.70. The number of hydrogen-bond acceptors (Lipinski definition) is 6. The molecule has 7 heteroatoms. The van der Waals surface area contributed by atoms with E-state index in [-0.39, 0.29) is 11.8 Å². The molecular formula is C23H34N4O2S. The SMILES string of the molecule is COc1ccc2nc(N3CCC[C@@H](C(=O)NCCCN4CCC[C@H](C)C4)C3)sc2c1. The zero-order chi connectivity index (χ0) is 20.9. The van der Waals surface area contributed by atoms with E-state index in [0.29, 0.717) is 0 Å². The number of piperidine rings is 2. The van der Waals surface area contributed by atoms with Gasteiger partial charge < -0.3 is 19.9 Å². The zero-order valence-corrected chi connectivity index (χ0v) is 19.0. The number of carbonyl (C=O) groups excluding carboxylic acids is 1. The topological polar surface area (TPSA) is 57.7 Å². The maximum absolute atomic E-state index is 12.7. The number of carbonyl (C=O) groups is 1. The molecule has 1 N–H and O–H groups in total. The molecule has 30 heavy (non-hydrogen) atoms. The first-order valence-electron chi connectivity index (χ1n) is 11.3. The van der Waals surface area contributed by atoms with Crippen LogP contribution in [0.1, 0.15) is 39.0 Å². The smallest absolute Gasteiger partial charge is 0.224 e. The Bertz CT molecular complexity index is 855. The number of rotatable bonds is 7. The van der Waals surface area contributed by atoms with E-state index in [0.717, 1.165) is 72.5 Å². The van der Waals surface area contributed by atoms with Crippen molar-refractivity contribution in [3.63, 3.8) is 0 Å². The number of fused-ring (bicyclic) bond motifs is 1. The van der Waals surface area contributed by atoms with Gasteiger partial charge in [0.1, 0.15) is 5.75 Å². The van der Waals surface area contributed by atoms with Gasteiger partial charge in [0.25, 0.3) is 0 Å². The Balaban J connectivity index is 1.26. The third-order valence-corrected chi connectivity index (χ3v) is 7.42. The summed E-state index contributed by atoms with van der Waals surface area (Å²) in [6, 6.07) is 5.99. The number of hydrogen-bond donors (Lipinski definition) is 1. The summed E-state index contributed by atoms with van der Waals surface area (Å²) in [5, 5.41) is 4.20. The maximum Gasteiger partial charge on any atom is 0.224 e. The monoisotopic (exact) mass is 430 g/mol. The number of nitrogens with one attached hydrogen (secondary N) is 1. The predicted octanol–water partition coefficient (Wildman–Crippen LogP) is 3.76. The van der Waals surface area contributed by atoms with E-state index in [4.69, 9.17) is 9.72 Å². The van der Waals surface area contributed by atoms with E-state index in [1.54, 1.807) is 18.4 Å². The first-order chi connectivity index (χ1) is 14.6. The van der Waals surface area contributed by atoms with Crippen LogP contribution in [0.2, 0.25) is 0 Å². The summed E-state index contributed by atoms with van der Waals surface area (Å²) in [5.74, 6) is 1.92. The minimum Gasteiger partial charge on any atom is -0.497 e. The van der Waals surface area contributed by atoms with Crippen LogP contribution >= 0.6 is 11.3 Å². The summed E-state index contributed by atoms with van der Waals surface area (Å²) < 4.78 is 6.45.